The normalized spacial score (nSPS) is 11.3. The van der Waals surface area contributed by atoms with E-state index in [0.717, 1.165) is 5.56 Å². The lowest BCUT2D eigenvalue weighted by Crippen LogP contribution is -2.05. The van der Waals surface area contributed by atoms with Crippen molar-refractivity contribution >= 4 is 6.21 Å². The molecule has 82 valence electrons. The number of alkyl halides is 2. The van der Waals surface area contributed by atoms with Crippen LogP contribution in [0, 0.1) is 13.8 Å². The van der Waals surface area contributed by atoms with Crippen LogP contribution in [0.2, 0.25) is 0 Å². The van der Waals surface area contributed by atoms with Crippen molar-refractivity contribution < 1.29 is 13.5 Å². The Balaban J connectivity index is 3.09. The summed E-state index contributed by atoms with van der Waals surface area (Å²) in [7, 11) is 0. The number of nitrogens with two attached hydrogens (primary N) is 1. The summed E-state index contributed by atoms with van der Waals surface area (Å²) in [5.74, 6) is 5.21. The lowest BCUT2D eigenvalue weighted by atomic mass is 10.1. The van der Waals surface area contributed by atoms with Crippen LogP contribution in [-0.2, 0) is 0 Å². The van der Waals surface area contributed by atoms with Gasteiger partial charge in [-0.15, -0.1) is 0 Å². The molecular formula is C10H12F2N2O. The molecule has 0 saturated heterocycles. The summed E-state index contributed by atoms with van der Waals surface area (Å²) in [6.45, 7) is 0.577. The maximum absolute atomic E-state index is 12.1. The van der Waals surface area contributed by atoms with Crippen molar-refractivity contribution in [3.8, 4) is 5.75 Å². The van der Waals surface area contributed by atoms with Crippen LogP contribution in [0.25, 0.3) is 0 Å². The van der Waals surface area contributed by atoms with Gasteiger partial charge in [0, 0.05) is 0 Å². The highest BCUT2D eigenvalue weighted by molar-refractivity contribution is 5.80. The number of rotatable bonds is 3. The quantitative estimate of drug-likeness (QED) is 0.476. The van der Waals surface area contributed by atoms with Crippen LogP contribution >= 0.6 is 0 Å². The van der Waals surface area contributed by atoms with E-state index in [-0.39, 0.29) is 5.75 Å². The van der Waals surface area contributed by atoms with E-state index in [1.807, 2.05) is 0 Å². The van der Waals surface area contributed by atoms with Gasteiger partial charge in [-0.25, -0.2) is 0 Å². The molecule has 0 atom stereocenters. The van der Waals surface area contributed by atoms with Crippen LogP contribution in [0.1, 0.15) is 16.7 Å². The van der Waals surface area contributed by atoms with E-state index in [9.17, 15) is 8.78 Å². The van der Waals surface area contributed by atoms with E-state index in [2.05, 4.69) is 9.84 Å². The van der Waals surface area contributed by atoms with E-state index in [1.165, 1.54) is 6.21 Å². The number of hydrogen-bond donors (Lipinski definition) is 1. The van der Waals surface area contributed by atoms with E-state index in [4.69, 9.17) is 5.84 Å². The molecular weight excluding hydrogens is 202 g/mol. The van der Waals surface area contributed by atoms with Gasteiger partial charge in [-0.3, -0.25) is 0 Å². The second-order valence-electron chi connectivity index (χ2n) is 3.14. The second kappa shape index (κ2) is 4.72. The lowest BCUT2D eigenvalue weighted by Gasteiger charge is -2.11. The minimum Gasteiger partial charge on any atom is -0.434 e. The van der Waals surface area contributed by atoms with Crippen molar-refractivity contribution in [1.29, 1.82) is 0 Å². The Hall–Kier alpha value is -1.65. The molecule has 0 unspecified atom stereocenters. The smallest absolute Gasteiger partial charge is 0.387 e. The average molecular weight is 214 g/mol. The molecule has 0 saturated carbocycles. The highest BCUT2D eigenvalue weighted by Crippen LogP contribution is 2.25. The molecule has 0 heterocycles. The largest absolute Gasteiger partial charge is 0.434 e. The predicted molar refractivity (Wildman–Crippen MR) is 54.3 cm³/mol. The third-order valence-electron chi connectivity index (χ3n) is 1.91. The SMILES string of the molecule is Cc1cc(/C=N\N)cc(C)c1OC(F)F. The summed E-state index contributed by atoms with van der Waals surface area (Å²) in [4.78, 5) is 0. The summed E-state index contributed by atoms with van der Waals surface area (Å²) >= 11 is 0. The monoisotopic (exact) mass is 214 g/mol. The topological polar surface area (TPSA) is 47.6 Å². The number of halogens is 2. The van der Waals surface area contributed by atoms with Crippen LogP contribution < -0.4 is 10.6 Å². The summed E-state index contributed by atoms with van der Waals surface area (Å²) < 4.78 is 28.5. The zero-order valence-electron chi connectivity index (χ0n) is 8.50. The molecule has 0 bridgehead atoms. The molecule has 1 aromatic carbocycles. The Morgan fingerprint density at radius 3 is 2.27 bits per heavy atom. The third kappa shape index (κ3) is 2.90. The Kier molecular flexibility index (Phi) is 3.60. The number of benzene rings is 1. The molecule has 0 spiro atoms. The fraction of sp³-hybridized carbons (Fsp3) is 0.300. The molecule has 0 aliphatic heterocycles. The van der Waals surface area contributed by atoms with Gasteiger partial charge in [0.1, 0.15) is 5.75 Å². The summed E-state index contributed by atoms with van der Waals surface area (Å²) in [5.41, 5.74) is 2.02. The number of aryl methyl sites for hydroxylation is 2. The van der Waals surface area contributed by atoms with Crippen molar-refractivity contribution in [3.05, 3.63) is 28.8 Å². The van der Waals surface area contributed by atoms with Crippen LogP contribution in [0.5, 0.6) is 5.75 Å². The van der Waals surface area contributed by atoms with E-state index in [1.54, 1.807) is 26.0 Å². The van der Waals surface area contributed by atoms with E-state index in [0.29, 0.717) is 11.1 Å². The first-order valence-corrected chi connectivity index (χ1v) is 4.34. The minimum atomic E-state index is -2.81. The van der Waals surface area contributed by atoms with Gasteiger partial charge in [-0.05, 0) is 42.7 Å². The number of ether oxygens (including phenoxy) is 1. The highest BCUT2D eigenvalue weighted by Gasteiger charge is 2.10. The molecule has 0 aliphatic carbocycles. The molecule has 1 aromatic rings. The predicted octanol–water partition coefficient (Wildman–Crippen LogP) is 2.20. The van der Waals surface area contributed by atoms with Crippen molar-refractivity contribution in [1.82, 2.24) is 0 Å². The van der Waals surface area contributed by atoms with Crippen LogP contribution in [0.3, 0.4) is 0 Å². The molecule has 3 nitrogen and oxygen atoms in total. The van der Waals surface area contributed by atoms with Crippen molar-refractivity contribution in [2.45, 2.75) is 20.5 Å². The standard InChI is InChI=1S/C10H12F2N2O/c1-6-3-8(5-14-13)4-7(2)9(6)15-10(11)12/h3-5,10H,13H2,1-2H3/b14-5-. The molecule has 0 radical (unpaired) electrons. The lowest BCUT2D eigenvalue weighted by molar-refractivity contribution is -0.0507. The van der Waals surface area contributed by atoms with Gasteiger partial charge < -0.3 is 10.6 Å². The van der Waals surface area contributed by atoms with Gasteiger partial charge in [0.2, 0.25) is 0 Å². The molecule has 1 rings (SSSR count). The van der Waals surface area contributed by atoms with E-state index >= 15 is 0 Å². The Bertz CT molecular complexity index is 355. The first-order chi connectivity index (χ1) is 7.04. The number of hydrogen-bond acceptors (Lipinski definition) is 3. The zero-order valence-corrected chi connectivity index (χ0v) is 8.50. The molecule has 0 fully saturated rings. The van der Waals surface area contributed by atoms with Crippen LogP contribution in [-0.4, -0.2) is 12.8 Å². The highest BCUT2D eigenvalue weighted by atomic mass is 19.3. The van der Waals surface area contributed by atoms with Gasteiger partial charge in [-0.2, -0.15) is 13.9 Å². The molecule has 0 amide bonds. The summed E-state index contributed by atoms with van der Waals surface area (Å²) in [6, 6.07) is 3.36. The van der Waals surface area contributed by atoms with Crippen LogP contribution in [0.4, 0.5) is 8.78 Å². The Labute approximate surface area is 86.5 Å². The zero-order chi connectivity index (χ0) is 11.4. The first kappa shape index (κ1) is 11.4. The summed E-state index contributed by atoms with van der Waals surface area (Å²) in [6.07, 6.45) is 1.45. The van der Waals surface area contributed by atoms with Crippen molar-refractivity contribution in [2.24, 2.45) is 10.9 Å². The Morgan fingerprint density at radius 2 is 1.87 bits per heavy atom. The molecule has 15 heavy (non-hydrogen) atoms. The molecule has 0 aromatic heterocycles. The molecule has 5 heteroatoms. The van der Waals surface area contributed by atoms with Gasteiger partial charge in [0.05, 0.1) is 6.21 Å². The maximum Gasteiger partial charge on any atom is 0.387 e. The minimum absolute atomic E-state index is 0.208. The first-order valence-electron chi connectivity index (χ1n) is 4.34. The van der Waals surface area contributed by atoms with E-state index < -0.39 is 6.61 Å². The Morgan fingerprint density at radius 1 is 1.33 bits per heavy atom. The fourth-order valence-corrected chi connectivity index (χ4v) is 1.42. The van der Waals surface area contributed by atoms with Gasteiger partial charge in [0.25, 0.3) is 0 Å². The maximum atomic E-state index is 12.1. The molecule has 2 N–H and O–H groups in total. The van der Waals surface area contributed by atoms with Gasteiger partial charge in [0.15, 0.2) is 0 Å². The number of nitrogens with zero attached hydrogens (tertiary/aromatic N) is 1. The van der Waals surface area contributed by atoms with Gasteiger partial charge >= 0.3 is 6.61 Å². The molecule has 0 aliphatic rings. The third-order valence-corrected chi connectivity index (χ3v) is 1.91. The van der Waals surface area contributed by atoms with Gasteiger partial charge in [-0.1, -0.05) is 0 Å². The fourth-order valence-electron chi connectivity index (χ4n) is 1.42. The van der Waals surface area contributed by atoms with Crippen molar-refractivity contribution in [2.75, 3.05) is 0 Å². The summed E-state index contributed by atoms with van der Waals surface area (Å²) in [5, 5.41) is 3.36. The van der Waals surface area contributed by atoms with Crippen molar-refractivity contribution in [3.63, 3.8) is 0 Å². The average Bonchev–Trinajstić information content (AvgIpc) is 2.11. The van der Waals surface area contributed by atoms with Crippen LogP contribution in [0.15, 0.2) is 17.2 Å². The second-order valence-corrected chi connectivity index (χ2v) is 3.14. The number of hydrazone groups is 1.